The number of rotatable bonds is 5. The van der Waals surface area contributed by atoms with Gasteiger partial charge >= 0.3 is 0 Å². The molecular formula is C12H18N2O. The Kier molecular flexibility index (Phi) is 4.92. The normalized spacial score (nSPS) is 11.9. The van der Waals surface area contributed by atoms with E-state index in [9.17, 15) is 5.11 Å². The number of aryl methyl sites for hydroxylation is 1. The number of hydrogen-bond acceptors (Lipinski definition) is 2. The lowest BCUT2D eigenvalue weighted by molar-refractivity contribution is 0.160. The lowest BCUT2D eigenvalue weighted by atomic mass is 10.1. The minimum absolute atomic E-state index is 0.445. The van der Waals surface area contributed by atoms with Gasteiger partial charge in [0, 0.05) is 13.0 Å². The van der Waals surface area contributed by atoms with Gasteiger partial charge < -0.3 is 9.67 Å². The van der Waals surface area contributed by atoms with Gasteiger partial charge in [0.25, 0.3) is 0 Å². The maximum absolute atomic E-state index is 9.91. The van der Waals surface area contributed by atoms with Gasteiger partial charge in [-0.15, -0.1) is 11.8 Å². The molecule has 1 aromatic heterocycles. The molecule has 1 N–H and O–H groups in total. The summed E-state index contributed by atoms with van der Waals surface area (Å²) in [5, 5.41) is 9.91. The monoisotopic (exact) mass is 206 g/mol. The average Bonchev–Trinajstić information content (AvgIpc) is 2.67. The molecule has 0 spiro atoms. The SMILES string of the molecule is CC#CCCC(O)c1cncn1CCC. The minimum atomic E-state index is -0.445. The molecule has 1 aromatic rings. The van der Waals surface area contributed by atoms with Gasteiger partial charge in [0.05, 0.1) is 24.3 Å². The highest BCUT2D eigenvalue weighted by molar-refractivity contribution is 5.04. The zero-order valence-electron chi connectivity index (χ0n) is 9.40. The first kappa shape index (κ1) is 11.8. The van der Waals surface area contributed by atoms with Crippen LogP contribution in [0.1, 0.15) is 44.9 Å². The van der Waals surface area contributed by atoms with Crippen molar-refractivity contribution < 1.29 is 5.11 Å². The van der Waals surface area contributed by atoms with Crippen LogP contribution < -0.4 is 0 Å². The van der Waals surface area contributed by atoms with Crippen LogP contribution in [0.5, 0.6) is 0 Å². The molecule has 0 aliphatic carbocycles. The molecule has 0 aliphatic heterocycles. The molecular weight excluding hydrogens is 188 g/mol. The van der Waals surface area contributed by atoms with Crippen molar-refractivity contribution in [2.75, 3.05) is 0 Å². The Balaban J connectivity index is 2.58. The highest BCUT2D eigenvalue weighted by Crippen LogP contribution is 2.17. The summed E-state index contributed by atoms with van der Waals surface area (Å²) in [4.78, 5) is 4.06. The largest absolute Gasteiger partial charge is 0.387 e. The molecule has 3 heteroatoms. The maximum Gasteiger partial charge on any atom is 0.0964 e. The van der Waals surface area contributed by atoms with Crippen LogP contribution >= 0.6 is 0 Å². The second-order valence-electron chi connectivity index (χ2n) is 3.49. The smallest absolute Gasteiger partial charge is 0.0964 e. The van der Waals surface area contributed by atoms with Gasteiger partial charge in [-0.1, -0.05) is 6.92 Å². The molecule has 0 bridgehead atoms. The van der Waals surface area contributed by atoms with E-state index >= 15 is 0 Å². The van der Waals surface area contributed by atoms with Crippen LogP contribution in [0.25, 0.3) is 0 Å². The number of nitrogens with zero attached hydrogens (tertiary/aromatic N) is 2. The first-order valence-electron chi connectivity index (χ1n) is 5.37. The summed E-state index contributed by atoms with van der Waals surface area (Å²) in [5.74, 6) is 5.78. The van der Waals surface area contributed by atoms with Crippen molar-refractivity contribution in [3.63, 3.8) is 0 Å². The molecule has 1 unspecified atom stereocenters. The topological polar surface area (TPSA) is 38.1 Å². The van der Waals surface area contributed by atoms with E-state index in [0.717, 1.165) is 25.1 Å². The maximum atomic E-state index is 9.91. The Morgan fingerprint density at radius 2 is 2.40 bits per heavy atom. The fraction of sp³-hybridized carbons (Fsp3) is 0.583. The predicted molar refractivity (Wildman–Crippen MR) is 60.2 cm³/mol. The minimum Gasteiger partial charge on any atom is -0.387 e. The van der Waals surface area contributed by atoms with Crippen LogP contribution in [0.15, 0.2) is 12.5 Å². The third kappa shape index (κ3) is 3.41. The molecule has 1 rings (SSSR count). The number of aliphatic hydroxyl groups is 1. The van der Waals surface area contributed by atoms with Crippen molar-refractivity contribution in [3.05, 3.63) is 18.2 Å². The van der Waals surface area contributed by atoms with Gasteiger partial charge in [0.1, 0.15) is 0 Å². The van der Waals surface area contributed by atoms with Crippen molar-refractivity contribution in [3.8, 4) is 11.8 Å². The first-order valence-corrected chi connectivity index (χ1v) is 5.37. The van der Waals surface area contributed by atoms with E-state index in [-0.39, 0.29) is 0 Å². The van der Waals surface area contributed by atoms with E-state index < -0.39 is 6.10 Å². The summed E-state index contributed by atoms with van der Waals surface area (Å²) in [7, 11) is 0. The summed E-state index contributed by atoms with van der Waals surface area (Å²) in [6.45, 7) is 4.83. The van der Waals surface area contributed by atoms with Crippen LogP contribution in [0, 0.1) is 11.8 Å². The van der Waals surface area contributed by atoms with Gasteiger partial charge in [-0.3, -0.25) is 0 Å². The first-order chi connectivity index (χ1) is 7.29. The lowest BCUT2D eigenvalue weighted by Crippen LogP contribution is -2.06. The van der Waals surface area contributed by atoms with E-state index in [1.54, 1.807) is 12.5 Å². The second-order valence-corrected chi connectivity index (χ2v) is 3.49. The third-order valence-corrected chi connectivity index (χ3v) is 2.27. The highest BCUT2D eigenvalue weighted by Gasteiger charge is 2.11. The lowest BCUT2D eigenvalue weighted by Gasteiger charge is -2.11. The predicted octanol–water partition coefficient (Wildman–Crippen LogP) is 2.13. The molecule has 0 aliphatic rings. The van der Waals surface area contributed by atoms with Crippen LogP contribution in [-0.2, 0) is 6.54 Å². The summed E-state index contributed by atoms with van der Waals surface area (Å²) >= 11 is 0. The Morgan fingerprint density at radius 3 is 3.07 bits per heavy atom. The molecule has 0 saturated carbocycles. The molecule has 1 atom stereocenters. The molecule has 3 nitrogen and oxygen atoms in total. The summed E-state index contributed by atoms with van der Waals surface area (Å²) in [6.07, 6.45) is 5.52. The van der Waals surface area contributed by atoms with Gasteiger partial charge in [0.2, 0.25) is 0 Å². The van der Waals surface area contributed by atoms with Gasteiger partial charge in [-0.25, -0.2) is 4.98 Å². The van der Waals surface area contributed by atoms with Crippen LogP contribution in [-0.4, -0.2) is 14.7 Å². The molecule has 0 amide bonds. The Morgan fingerprint density at radius 1 is 1.60 bits per heavy atom. The molecule has 0 saturated heterocycles. The summed E-state index contributed by atoms with van der Waals surface area (Å²) in [5.41, 5.74) is 0.898. The zero-order valence-corrected chi connectivity index (χ0v) is 9.40. The number of aromatic nitrogens is 2. The van der Waals surface area contributed by atoms with E-state index in [1.165, 1.54) is 0 Å². The molecule has 0 fully saturated rings. The van der Waals surface area contributed by atoms with Crippen molar-refractivity contribution in [2.24, 2.45) is 0 Å². The van der Waals surface area contributed by atoms with E-state index in [2.05, 4.69) is 23.7 Å². The van der Waals surface area contributed by atoms with Crippen LogP contribution in [0.2, 0.25) is 0 Å². The van der Waals surface area contributed by atoms with Gasteiger partial charge in [-0.2, -0.15) is 0 Å². The molecule has 82 valence electrons. The Bertz CT molecular complexity index is 346. The Labute approximate surface area is 91.1 Å². The van der Waals surface area contributed by atoms with Crippen LogP contribution in [0.4, 0.5) is 0 Å². The number of aliphatic hydroxyl groups excluding tert-OH is 1. The van der Waals surface area contributed by atoms with E-state index in [1.807, 2.05) is 11.5 Å². The molecule has 15 heavy (non-hydrogen) atoms. The van der Waals surface area contributed by atoms with Crippen molar-refractivity contribution in [1.82, 2.24) is 9.55 Å². The van der Waals surface area contributed by atoms with E-state index in [4.69, 9.17) is 0 Å². The number of imidazole rings is 1. The quantitative estimate of drug-likeness (QED) is 0.749. The van der Waals surface area contributed by atoms with Gasteiger partial charge in [0.15, 0.2) is 0 Å². The Hall–Kier alpha value is -1.27. The van der Waals surface area contributed by atoms with Crippen molar-refractivity contribution in [1.29, 1.82) is 0 Å². The second kappa shape index (κ2) is 6.26. The molecule has 0 aromatic carbocycles. The van der Waals surface area contributed by atoms with Crippen LogP contribution in [0.3, 0.4) is 0 Å². The summed E-state index contributed by atoms with van der Waals surface area (Å²) < 4.78 is 2.00. The van der Waals surface area contributed by atoms with E-state index in [0.29, 0.717) is 6.42 Å². The molecule has 1 heterocycles. The molecule has 0 radical (unpaired) electrons. The van der Waals surface area contributed by atoms with Crippen molar-refractivity contribution in [2.45, 2.75) is 45.8 Å². The zero-order chi connectivity index (χ0) is 11.1. The third-order valence-electron chi connectivity index (χ3n) is 2.27. The van der Waals surface area contributed by atoms with Gasteiger partial charge in [-0.05, 0) is 19.8 Å². The van der Waals surface area contributed by atoms with Crippen molar-refractivity contribution >= 4 is 0 Å². The summed E-state index contributed by atoms with van der Waals surface area (Å²) in [6, 6.07) is 0. The number of hydrogen-bond donors (Lipinski definition) is 1. The standard InChI is InChI=1S/C12H18N2O/c1-3-5-6-7-12(15)11-9-13-10-14(11)8-4-2/h9-10,12,15H,4,6-8H2,1-2H3. The highest BCUT2D eigenvalue weighted by atomic mass is 16.3. The fourth-order valence-corrected chi connectivity index (χ4v) is 1.52. The average molecular weight is 206 g/mol. The fourth-order valence-electron chi connectivity index (χ4n) is 1.52.